The third-order valence-electron chi connectivity index (χ3n) is 3.32. The van der Waals surface area contributed by atoms with E-state index in [1.807, 2.05) is 0 Å². The van der Waals surface area contributed by atoms with Crippen molar-refractivity contribution >= 4 is 33.7 Å². The van der Waals surface area contributed by atoms with Gasteiger partial charge in [-0.05, 0) is 44.0 Å². The van der Waals surface area contributed by atoms with Crippen molar-refractivity contribution in [2.24, 2.45) is 0 Å². The quantitative estimate of drug-likeness (QED) is 0.703. The van der Waals surface area contributed by atoms with Crippen molar-refractivity contribution in [2.75, 3.05) is 6.54 Å². The van der Waals surface area contributed by atoms with Crippen LogP contribution in [0, 0.1) is 0 Å². The van der Waals surface area contributed by atoms with Crippen molar-refractivity contribution in [3.63, 3.8) is 0 Å². The highest BCUT2D eigenvalue weighted by Gasteiger charge is 2.27. The molecule has 23 heavy (non-hydrogen) atoms. The molecule has 0 unspecified atom stereocenters. The number of nitrogens with one attached hydrogen (secondary N) is 2. The number of benzene rings is 1. The Kier molecular flexibility index (Phi) is 6.15. The third-order valence-corrected chi connectivity index (χ3v) is 3.85. The standard InChI is InChI=1S/C16H19BrN2O4/c1-10(15(21)19-13-6-7-13)23-14(20)8-9-18-16(22)11-2-4-12(17)5-3-11/h2-5,10,13H,6-9H2,1H3,(H,18,22)(H,19,21)/t10-/m0/s1. The molecule has 2 rings (SSSR count). The van der Waals surface area contributed by atoms with Gasteiger partial charge in [-0.25, -0.2) is 0 Å². The zero-order valence-corrected chi connectivity index (χ0v) is 14.4. The van der Waals surface area contributed by atoms with Gasteiger partial charge in [-0.2, -0.15) is 0 Å². The molecule has 1 aromatic rings. The highest BCUT2D eigenvalue weighted by molar-refractivity contribution is 9.10. The van der Waals surface area contributed by atoms with E-state index in [0.29, 0.717) is 5.56 Å². The fraction of sp³-hybridized carbons (Fsp3) is 0.438. The summed E-state index contributed by atoms with van der Waals surface area (Å²) in [6, 6.07) is 7.13. The predicted octanol–water partition coefficient (Wildman–Crippen LogP) is 1.78. The summed E-state index contributed by atoms with van der Waals surface area (Å²) in [5, 5.41) is 5.41. The molecule has 2 N–H and O–H groups in total. The van der Waals surface area contributed by atoms with Crippen LogP contribution in [0.4, 0.5) is 0 Å². The molecule has 124 valence electrons. The van der Waals surface area contributed by atoms with Gasteiger partial charge in [-0.15, -0.1) is 0 Å². The molecule has 0 aliphatic heterocycles. The number of rotatable bonds is 7. The number of ether oxygens (including phenoxy) is 1. The maximum atomic E-state index is 11.9. The van der Waals surface area contributed by atoms with Gasteiger partial charge in [0.2, 0.25) is 0 Å². The molecule has 1 fully saturated rings. The monoisotopic (exact) mass is 382 g/mol. The van der Waals surface area contributed by atoms with Gasteiger partial charge in [-0.3, -0.25) is 14.4 Å². The van der Waals surface area contributed by atoms with Gasteiger partial charge < -0.3 is 15.4 Å². The topological polar surface area (TPSA) is 84.5 Å². The molecule has 0 saturated heterocycles. The van der Waals surface area contributed by atoms with Crippen LogP contribution in [-0.2, 0) is 14.3 Å². The Labute approximate surface area is 143 Å². The largest absolute Gasteiger partial charge is 0.452 e. The second-order valence-corrected chi connectivity index (χ2v) is 6.34. The minimum Gasteiger partial charge on any atom is -0.452 e. The smallest absolute Gasteiger partial charge is 0.308 e. The number of esters is 1. The molecule has 1 aromatic carbocycles. The second kappa shape index (κ2) is 8.10. The summed E-state index contributed by atoms with van der Waals surface area (Å²) in [7, 11) is 0. The first-order valence-corrected chi connectivity index (χ1v) is 8.28. The summed E-state index contributed by atoms with van der Waals surface area (Å²) in [5.41, 5.74) is 0.513. The average molecular weight is 383 g/mol. The Balaban J connectivity index is 1.66. The Morgan fingerprint density at radius 3 is 2.52 bits per heavy atom. The molecule has 0 heterocycles. The van der Waals surface area contributed by atoms with Gasteiger partial charge in [-0.1, -0.05) is 15.9 Å². The van der Waals surface area contributed by atoms with Crippen LogP contribution >= 0.6 is 15.9 Å². The van der Waals surface area contributed by atoms with Crippen LogP contribution in [0.15, 0.2) is 28.7 Å². The lowest BCUT2D eigenvalue weighted by atomic mass is 10.2. The van der Waals surface area contributed by atoms with Crippen LogP contribution in [0.3, 0.4) is 0 Å². The van der Waals surface area contributed by atoms with Gasteiger partial charge in [0.25, 0.3) is 11.8 Å². The summed E-state index contributed by atoms with van der Waals surface area (Å²) < 4.78 is 5.92. The van der Waals surface area contributed by atoms with E-state index >= 15 is 0 Å². The van der Waals surface area contributed by atoms with Crippen molar-refractivity contribution in [3.8, 4) is 0 Å². The molecule has 1 aliphatic carbocycles. The van der Waals surface area contributed by atoms with Crippen molar-refractivity contribution in [2.45, 2.75) is 38.3 Å². The lowest BCUT2D eigenvalue weighted by Crippen LogP contribution is -2.37. The molecule has 0 radical (unpaired) electrons. The number of halogens is 1. The van der Waals surface area contributed by atoms with Crippen LogP contribution in [0.5, 0.6) is 0 Å². The Morgan fingerprint density at radius 1 is 1.26 bits per heavy atom. The van der Waals surface area contributed by atoms with E-state index in [2.05, 4.69) is 26.6 Å². The maximum Gasteiger partial charge on any atom is 0.308 e. The number of carbonyl (C=O) groups excluding carboxylic acids is 3. The van der Waals surface area contributed by atoms with Crippen LogP contribution in [0.25, 0.3) is 0 Å². The summed E-state index contributed by atoms with van der Waals surface area (Å²) in [5.74, 6) is -1.05. The van der Waals surface area contributed by atoms with E-state index in [4.69, 9.17) is 4.74 Å². The average Bonchev–Trinajstić information content (AvgIpc) is 3.31. The van der Waals surface area contributed by atoms with Crippen molar-refractivity contribution in [1.82, 2.24) is 10.6 Å². The first kappa shape index (κ1) is 17.5. The van der Waals surface area contributed by atoms with Crippen LogP contribution < -0.4 is 10.6 Å². The van der Waals surface area contributed by atoms with Crippen molar-refractivity contribution in [3.05, 3.63) is 34.3 Å². The summed E-state index contributed by atoms with van der Waals surface area (Å²) >= 11 is 3.29. The van der Waals surface area contributed by atoms with Gasteiger partial charge in [0.05, 0.1) is 6.42 Å². The number of carbonyl (C=O) groups is 3. The Hall–Kier alpha value is -1.89. The number of hydrogen-bond donors (Lipinski definition) is 2. The molecular weight excluding hydrogens is 364 g/mol. The van der Waals surface area contributed by atoms with Gasteiger partial charge >= 0.3 is 5.97 Å². The number of amides is 2. The van der Waals surface area contributed by atoms with Crippen molar-refractivity contribution in [1.29, 1.82) is 0 Å². The van der Waals surface area contributed by atoms with Gasteiger partial charge in [0.1, 0.15) is 0 Å². The summed E-state index contributed by atoms with van der Waals surface area (Å²) in [4.78, 5) is 35.2. The zero-order valence-electron chi connectivity index (χ0n) is 12.8. The van der Waals surface area contributed by atoms with Crippen LogP contribution in [0.2, 0.25) is 0 Å². The summed E-state index contributed by atoms with van der Waals surface area (Å²) in [6.07, 6.45) is 1.16. The molecule has 0 aromatic heterocycles. The molecule has 1 saturated carbocycles. The minimum atomic E-state index is -0.815. The highest BCUT2D eigenvalue weighted by atomic mass is 79.9. The fourth-order valence-electron chi connectivity index (χ4n) is 1.84. The third kappa shape index (κ3) is 6.02. The normalized spacial score (nSPS) is 14.7. The molecule has 0 bridgehead atoms. The molecule has 0 spiro atoms. The van der Waals surface area contributed by atoms with Gasteiger partial charge in [0.15, 0.2) is 6.10 Å². The molecule has 6 nitrogen and oxygen atoms in total. The van der Waals surface area contributed by atoms with Gasteiger partial charge in [0, 0.05) is 22.6 Å². The molecule has 1 atom stereocenters. The molecular formula is C16H19BrN2O4. The highest BCUT2D eigenvalue weighted by Crippen LogP contribution is 2.18. The van der Waals surface area contributed by atoms with E-state index in [9.17, 15) is 14.4 Å². The predicted molar refractivity (Wildman–Crippen MR) is 87.8 cm³/mol. The molecule has 7 heteroatoms. The minimum absolute atomic E-state index is 0.0172. The lowest BCUT2D eigenvalue weighted by Gasteiger charge is -2.13. The number of hydrogen-bond acceptors (Lipinski definition) is 4. The van der Waals surface area contributed by atoms with Crippen molar-refractivity contribution < 1.29 is 19.1 Å². The second-order valence-electron chi connectivity index (χ2n) is 5.43. The lowest BCUT2D eigenvalue weighted by molar-refractivity contribution is -0.154. The van der Waals surface area contributed by atoms with E-state index in [0.717, 1.165) is 17.3 Å². The van der Waals surface area contributed by atoms with Crippen LogP contribution in [0.1, 0.15) is 36.5 Å². The van der Waals surface area contributed by atoms with Crippen LogP contribution in [-0.4, -0.2) is 36.5 Å². The SMILES string of the molecule is C[C@H](OC(=O)CCNC(=O)c1ccc(Br)cc1)C(=O)NC1CC1. The Bertz CT molecular complexity index is 584. The van der Waals surface area contributed by atoms with E-state index in [-0.39, 0.29) is 30.8 Å². The summed E-state index contributed by atoms with van der Waals surface area (Å²) in [6.45, 7) is 1.70. The maximum absolute atomic E-state index is 11.9. The first-order chi connectivity index (χ1) is 11.0. The molecule has 2 amide bonds. The molecule has 1 aliphatic rings. The fourth-order valence-corrected chi connectivity index (χ4v) is 2.10. The first-order valence-electron chi connectivity index (χ1n) is 7.49. The Morgan fingerprint density at radius 2 is 1.91 bits per heavy atom. The zero-order chi connectivity index (χ0) is 16.8. The van der Waals surface area contributed by atoms with E-state index < -0.39 is 12.1 Å². The van der Waals surface area contributed by atoms with E-state index in [1.165, 1.54) is 6.92 Å². The van der Waals surface area contributed by atoms with E-state index in [1.54, 1.807) is 24.3 Å².